The van der Waals surface area contributed by atoms with Crippen molar-refractivity contribution in [2.24, 2.45) is 11.7 Å². The monoisotopic (exact) mass is 258 g/mol. The quantitative estimate of drug-likeness (QED) is 0.870. The van der Waals surface area contributed by atoms with Crippen LogP contribution in [0.15, 0.2) is 18.2 Å². The van der Waals surface area contributed by atoms with Crippen molar-refractivity contribution in [2.75, 3.05) is 6.54 Å². The lowest BCUT2D eigenvalue weighted by atomic mass is 10.1. The number of nitrogens with two attached hydrogens (primary N) is 1. The van der Waals surface area contributed by atoms with E-state index < -0.39 is 11.7 Å². The molecule has 1 aromatic carbocycles. The van der Waals surface area contributed by atoms with Crippen molar-refractivity contribution in [1.82, 2.24) is 5.32 Å². The summed E-state index contributed by atoms with van der Waals surface area (Å²) in [5.74, 6) is -0.927. The summed E-state index contributed by atoms with van der Waals surface area (Å²) >= 11 is 5.77. The van der Waals surface area contributed by atoms with E-state index in [2.05, 4.69) is 5.32 Å². The van der Waals surface area contributed by atoms with Gasteiger partial charge in [0.2, 0.25) is 0 Å². The zero-order chi connectivity index (χ0) is 13.0. The fraction of sp³-hybridized carbons (Fsp3) is 0.417. The Labute approximate surface area is 105 Å². The standard InChI is InChI=1S/C12H16ClFN2O/c1-7(2)10(15)6-16-12(17)11-8(13)4-3-5-9(11)14/h3-5,7,10H,6,15H2,1-2H3,(H,16,17). The van der Waals surface area contributed by atoms with Crippen LogP contribution in [0.3, 0.4) is 0 Å². The number of amides is 1. The number of halogens is 2. The number of rotatable bonds is 4. The maximum absolute atomic E-state index is 13.4. The van der Waals surface area contributed by atoms with Gasteiger partial charge in [0.15, 0.2) is 0 Å². The van der Waals surface area contributed by atoms with Gasteiger partial charge in [0, 0.05) is 12.6 Å². The van der Waals surface area contributed by atoms with Gasteiger partial charge in [-0.1, -0.05) is 31.5 Å². The third-order valence-electron chi connectivity index (χ3n) is 2.54. The Morgan fingerprint density at radius 3 is 2.71 bits per heavy atom. The molecule has 0 heterocycles. The molecule has 0 saturated heterocycles. The first kappa shape index (κ1) is 13.9. The maximum Gasteiger partial charge on any atom is 0.255 e. The predicted molar refractivity (Wildman–Crippen MR) is 66.6 cm³/mol. The summed E-state index contributed by atoms with van der Waals surface area (Å²) in [7, 11) is 0. The second kappa shape index (κ2) is 5.98. The van der Waals surface area contributed by atoms with Crippen molar-refractivity contribution in [1.29, 1.82) is 0 Å². The molecule has 1 atom stereocenters. The molecule has 0 aromatic heterocycles. The van der Waals surface area contributed by atoms with Crippen molar-refractivity contribution in [2.45, 2.75) is 19.9 Å². The fourth-order valence-corrected chi connectivity index (χ4v) is 1.50. The van der Waals surface area contributed by atoms with Gasteiger partial charge < -0.3 is 11.1 Å². The lowest BCUT2D eigenvalue weighted by Gasteiger charge is -2.16. The molecule has 3 N–H and O–H groups in total. The molecule has 1 aromatic rings. The van der Waals surface area contributed by atoms with Crippen LogP contribution in [-0.2, 0) is 0 Å². The molecule has 0 aliphatic rings. The van der Waals surface area contributed by atoms with Gasteiger partial charge in [0.05, 0.1) is 10.6 Å². The number of hydrogen-bond donors (Lipinski definition) is 2. The molecule has 0 bridgehead atoms. The van der Waals surface area contributed by atoms with Gasteiger partial charge in [-0.15, -0.1) is 0 Å². The molecule has 0 aliphatic carbocycles. The lowest BCUT2D eigenvalue weighted by molar-refractivity contribution is 0.0945. The first-order valence-electron chi connectivity index (χ1n) is 5.41. The van der Waals surface area contributed by atoms with Crippen LogP contribution in [0.2, 0.25) is 5.02 Å². The Morgan fingerprint density at radius 2 is 2.18 bits per heavy atom. The number of carbonyl (C=O) groups is 1. The van der Waals surface area contributed by atoms with Gasteiger partial charge in [-0.2, -0.15) is 0 Å². The molecule has 0 saturated carbocycles. The molecule has 0 radical (unpaired) electrons. The van der Waals surface area contributed by atoms with E-state index in [1.165, 1.54) is 18.2 Å². The van der Waals surface area contributed by atoms with Gasteiger partial charge >= 0.3 is 0 Å². The maximum atomic E-state index is 13.4. The van der Waals surface area contributed by atoms with Crippen molar-refractivity contribution < 1.29 is 9.18 Å². The zero-order valence-corrected chi connectivity index (χ0v) is 10.6. The Kier molecular flexibility index (Phi) is 4.90. The third-order valence-corrected chi connectivity index (χ3v) is 2.86. The predicted octanol–water partition coefficient (Wildman–Crippen LogP) is 2.19. The van der Waals surface area contributed by atoms with E-state index in [1.807, 2.05) is 13.8 Å². The summed E-state index contributed by atoms with van der Waals surface area (Å²) in [6.07, 6.45) is 0. The highest BCUT2D eigenvalue weighted by molar-refractivity contribution is 6.33. The summed E-state index contributed by atoms with van der Waals surface area (Å²) in [6.45, 7) is 4.20. The van der Waals surface area contributed by atoms with Crippen LogP contribution in [0.5, 0.6) is 0 Å². The lowest BCUT2D eigenvalue weighted by Crippen LogP contribution is -2.40. The molecule has 1 amide bonds. The van der Waals surface area contributed by atoms with Crippen LogP contribution in [0.4, 0.5) is 4.39 Å². The van der Waals surface area contributed by atoms with Crippen molar-refractivity contribution in [3.05, 3.63) is 34.6 Å². The van der Waals surface area contributed by atoms with E-state index >= 15 is 0 Å². The normalized spacial score (nSPS) is 12.6. The molecule has 5 heteroatoms. The molecule has 0 fully saturated rings. The summed E-state index contributed by atoms with van der Waals surface area (Å²) in [4.78, 5) is 11.7. The summed E-state index contributed by atoms with van der Waals surface area (Å²) < 4.78 is 13.4. The number of carbonyl (C=O) groups excluding carboxylic acids is 1. The number of nitrogens with one attached hydrogen (secondary N) is 1. The average Bonchev–Trinajstić information content (AvgIpc) is 2.25. The summed E-state index contributed by atoms with van der Waals surface area (Å²) in [6, 6.07) is 3.96. The van der Waals surface area contributed by atoms with E-state index in [0.29, 0.717) is 6.54 Å². The Hall–Kier alpha value is -1.13. The van der Waals surface area contributed by atoms with Gasteiger partial charge in [-0.25, -0.2) is 4.39 Å². The van der Waals surface area contributed by atoms with Gasteiger partial charge in [-0.05, 0) is 18.1 Å². The molecule has 0 spiro atoms. The minimum Gasteiger partial charge on any atom is -0.350 e. The van der Waals surface area contributed by atoms with Gasteiger partial charge in [0.25, 0.3) is 5.91 Å². The summed E-state index contributed by atoms with van der Waals surface area (Å²) in [5.41, 5.74) is 5.64. The average molecular weight is 259 g/mol. The SMILES string of the molecule is CC(C)C(N)CNC(=O)c1c(F)cccc1Cl. The molecule has 17 heavy (non-hydrogen) atoms. The number of benzene rings is 1. The van der Waals surface area contributed by atoms with Crippen LogP contribution in [0.1, 0.15) is 24.2 Å². The highest BCUT2D eigenvalue weighted by Gasteiger charge is 2.16. The van der Waals surface area contributed by atoms with Gasteiger partial charge in [-0.3, -0.25) is 4.79 Å². The number of hydrogen-bond acceptors (Lipinski definition) is 2. The van der Waals surface area contributed by atoms with E-state index in [1.54, 1.807) is 0 Å². The van der Waals surface area contributed by atoms with Gasteiger partial charge in [0.1, 0.15) is 5.82 Å². The van der Waals surface area contributed by atoms with Crippen molar-refractivity contribution in [3.63, 3.8) is 0 Å². The van der Waals surface area contributed by atoms with E-state index in [-0.39, 0.29) is 22.5 Å². The Bertz CT molecular complexity index is 389. The second-order valence-corrected chi connectivity index (χ2v) is 4.62. The zero-order valence-electron chi connectivity index (χ0n) is 9.84. The Morgan fingerprint density at radius 1 is 1.53 bits per heavy atom. The van der Waals surface area contributed by atoms with Crippen LogP contribution < -0.4 is 11.1 Å². The smallest absolute Gasteiger partial charge is 0.255 e. The molecule has 1 unspecified atom stereocenters. The molecular weight excluding hydrogens is 243 g/mol. The van der Waals surface area contributed by atoms with Crippen LogP contribution in [0, 0.1) is 11.7 Å². The van der Waals surface area contributed by atoms with E-state index in [4.69, 9.17) is 17.3 Å². The minimum absolute atomic E-state index is 0.0978. The van der Waals surface area contributed by atoms with Crippen molar-refractivity contribution >= 4 is 17.5 Å². The molecule has 0 aliphatic heterocycles. The molecule has 1 rings (SSSR count). The van der Waals surface area contributed by atoms with Crippen molar-refractivity contribution in [3.8, 4) is 0 Å². The largest absolute Gasteiger partial charge is 0.350 e. The highest BCUT2D eigenvalue weighted by Crippen LogP contribution is 2.18. The van der Waals surface area contributed by atoms with Crippen LogP contribution in [0.25, 0.3) is 0 Å². The minimum atomic E-state index is -0.631. The Balaban J connectivity index is 2.71. The van der Waals surface area contributed by atoms with E-state index in [0.717, 1.165) is 0 Å². The third kappa shape index (κ3) is 3.68. The highest BCUT2D eigenvalue weighted by atomic mass is 35.5. The fourth-order valence-electron chi connectivity index (χ4n) is 1.25. The first-order valence-corrected chi connectivity index (χ1v) is 5.79. The molecule has 94 valence electrons. The second-order valence-electron chi connectivity index (χ2n) is 4.21. The summed E-state index contributed by atoms with van der Waals surface area (Å²) in [5, 5.41) is 2.67. The molecular formula is C12H16ClFN2O. The topological polar surface area (TPSA) is 55.1 Å². The van der Waals surface area contributed by atoms with E-state index in [9.17, 15) is 9.18 Å². The van der Waals surface area contributed by atoms with Crippen LogP contribution >= 0.6 is 11.6 Å². The molecule has 3 nitrogen and oxygen atoms in total. The first-order chi connectivity index (χ1) is 7.93. The van der Waals surface area contributed by atoms with Crippen LogP contribution in [-0.4, -0.2) is 18.5 Å².